The second-order valence-electron chi connectivity index (χ2n) is 5.50. The number of pyridine rings is 1. The third-order valence-electron chi connectivity index (χ3n) is 4.00. The molecular formula is C15H21N3O3. The third kappa shape index (κ3) is 3.71. The van der Waals surface area contributed by atoms with Gasteiger partial charge < -0.3 is 15.3 Å². The van der Waals surface area contributed by atoms with Gasteiger partial charge in [0, 0.05) is 19.0 Å². The van der Waals surface area contributed by atoms with Crippen LogP contribution in [0.3, 0.4) is 0 Å². The Labute approximate surface area is 124 Å². The van der Waals surface area contributed by atoms with Crippen molar-refractivity contribution < 1.29 is 14.7 Å². The van der Waals surface area contributed by atoms with E-state index in [0.29, 0.717) is 5.69 Å². The van der Waals surface area contributed by atoms with E-state index in [-0.39, 0.29) is 5.91 Å². The van der Waals surface area contributed by atoms with E-state index in [1.807, 2.05) is 6.07 Å². The molecule has 0 spiro atoms. The van der Waals surface area contributed by atoms with Gasteiger partial charge in [-0.15, -0.1) is 0 Å². The maximum atomic E-state index is 12.0. The van der Waals surface area contributed by atoms with Gasteiger partial charge in [0.1, 0.15) is 5.82 Å². The predicted octanol–water partition coefficient (Wildman–Crippen LogP) is 1.98. The summed E-state index contributed by atoms with van der Waals surface area (Å²) < 4.78 is 0. The number of carboxylic acids is 1. The lowest BCUT2D eigenvalue weighted by molar-refractivity contribution is -0.145. The number of rotatable bonds is 5. The summed E-state index contributed by atoms with van der Waals surface area (Å²) in [6, 6.07) is 3.68. The van der Waals surface area contributed by atoms with Crippen molar-refractivity contribution in [3.8, 4) is 0 Å². The first-order valence-electron chi connectivity index (χ1n) is 7.23. The van der Waals surface area contributed by atoms with Crippen LogP contribution >= 0.6 is 0 Å². The first-order chi connectivity index (χ1) is 9.99. The molecule has 114 valence electrons. The van der Waals surface area contributed by atoms with Gasteiger partial charge in [-0.05, 0) is 25.0 Å². The van der Waals surface area contributed by atoms with Crippen molar-refractivity contribution in [1.29, 1.82) is 0 Å². The van der Waals surface area contributed by atoms with Gasteiger partial charge in [-0.3, -0.25) is 9.59 Å². The van der Waals surface area contributed by atoms with Crippen LogP contribution in [0.15, 0.2) is 18.3 Å². The second-order valence-corrected chi connectivity index (χ2v) is 5.50. The summed E-state index contributed by atoms with van der Waals surface area (Å²) in [7, 11) is 0. The molecule has 1 amide bonds. The molecule has 0 aliphatic carbocycles. The van der Waals surface area contributed by atoms with E-state index < -0.39 is 17.8 Å². The molecule has 2 heterocycles. The Balaban J connectivity index is 1.96. The molecule has 2 atom stereocenters. The molecule has 0 radical (unpaired) electrons. The molecular weight excluding hydrogens is 270 g/mol. The number of hydrogen-bond donors (Lipinski definition) is 2. The lowest BCUT2D eigenvalue weighted by Gasteiger charge is -2.18. The number of anilines is 2. The van der Waals surface area contributed by atoms with E-state index in [2.05, 4.69) is 15.2 Å². The highest BCUT2D eigenvalue weighted by molar-refractivity contribution is 5.94. The van der Waals surface area contributed by atoms with Crippen molar-refractivity contribution in [2.75, 3.05) is 23.3 Å². The summed E-state index contributed by atoms with van der Waals surface area (Å²) in [6.07, 6.45) is 3.99. The van der Waals surface area contributed by atoms with Crippen molar-refractivity contribution in [2.24, 2.45) is 11.8 Å². The molecule has 6 nitrogen and oxygen atoms in total. The fourth-order valence-corrected chi connectivity index (χ4v) is 2.29. The zero-order valence-corrected chi connectivity index (χ0v) is 12.4. The number of hydrogen-bond acceptors (Lipinski definition) is 4. The highest BCUT2D eigenvalue weighted by Gasteiger charge is 2.25. The number of carbonyl (C=O) groups excluding carboxylic acids is 1. The molecule has 2 rings (SSSR count). The first-order valence-corrected chi connectivity index (χ1v) is 7.23. The second kappa shape index (κ2) is 6.56. The molecule has 1 aromatic heterocycles. The Hall–Kier alpha value is -2.11. The standard InChI is InChI=1S/C15H21N3O3/c1-10(11(2)15(20)21)14(19)17-12-5-6-13(16-9-12)18-7-3-4-8-18/h5-6,9-11H,3-4,7-8H2,1-2H3,(H,17,19)(H,20,21). The fourth-order valence-electron chi connectivity index (χ4n) is 2.29. The Bertz CT molecular complexity index is 509. The maximum absolute atomic E-state index is 12.0. The topological polar surface area (TPSA) is 82.5 Å². The van der Waals surface area contributed by atoms with Crippen LogP contribution in [0, 0.1) is 11.8 Å². The molecule has 0 bridgehead atoms. The summed E-state index contributed by atoms with van der Waals surface area (Å²) in [5.74, 6) is -1.68. The quantitative estimate of drug-likeness (QED) is 0.866. The highest BCUT2D eigenvalue weighted by atomic mass is 16.4. The molecule has 2 N–H and O–H groups in total. The van der Waals surface area contributed by atoms with E-state index in [1.54, 1.807) is 19.2 Å². The lowest BCUT2D eigenvalue weighted by atomic mass is 9.95. The zero-order chi connectivity index (χ0) is 15.4. The monoisotopic (exact) mass is 291 g/mol. The van der Waals surface area contributed by atoms with Gasteiger partial charge in [0.05, 0.1) is 17.8 Å². The Morgan fingerprint density at radius 3 is 2.43 bits per heavy atom. The van der Waals surface area contributed by atoms with Crippen LogP contribution in [-0.4, -0.2) is 35.1 Å². The van der Waals surface area contributed by atoms with Crippen LogP contribution in [0.2, 0.25) is 0 Å². The van der Waals surface area contributed by atoms with Crippen LogP contribution in [0.4, 0.5) is 11.5 Å². The number of nitrogens with zero attached hydrogens (tertiary/aromatic N) is 2. The van der Waals surface area contributed by atoms with Crippen molar-refractivity contribution in [3.63, 3.8) is 0 Å². The number of carbonyl (C=O) groups is 2. The maximum Gasteiger partial charge on any atom is 0.307 e. The normalized spacial score (nSPS) is 17.3. The number of aromatic nitrogens is 1. The molecule has 6 heteroatoms. The minimum Gasteiger partial charge on any atom is -0.481 e. The average Bonchev–Trinajstić information content (AvgIpc) is 3.00. The van der Waals surface area contributed by atoms with Crippen molar-refractivity contribution >= 4 is 23.4 Å². The van der Waals surface area contributed by atoms with Crippen LogP contribution in [0.1, 0.15) is 26.7 Å². The Morgan fingerprint density at radius 1 is 1.24 bits per heavy atom. The van der Waals surface area contributed by atoms with E-state index in [9.17, 15) is 9.59 Å². The Morgan fingerprint density at radius 2 is 1.90 bits per heavy atom. The van der Waals surface area contributed by atoms with Crippen LogP contribution in [-0.2, 0) is 9.59 Å². The fraction of sp³-hybridized carbons (Fsp3) is 0.533. The molecule has 1 aromatic rings. The van der Waals surface area contributed by atoms with Gasteiger partial charge in [-0.1, -0.05) is 13.8 Å². The molecule has 1 fully saturated rings. The highest BCUT2D eigenvalue weighted by Crippen LogP contribution is 2.20. The minimum atomic E-state index is -0.972. The number of nitrogens with one attached hydrogen (secondary N) is 1. The number of carboxylic acid groups (broad SMARTS) is 1. The zero-order valence-electron chi connectivity index (χ0n) is 12.4. The van der Waals surface area contributed by atoms with Gasteiger partial charge in [0.2, 0.25) is 5.91 Å². The van der Waals surface area contributed by atoms with E-state index >= 15 is 0 Å². The summed E-state index contributed by atoms with van der Waals surface area (Å²) in [5, 5.41) is 11.6. The summed E-state index contributed by atoms with van der Waals surface area (Å²) in [4.78, 5) is 29.4. The third-order valence-corrected chi connectivity index (χ3v) is 4.00. The van der Waals surface area contributed by atoms with E-state index in [4.69, 9.17) is 5.11 Å². The van der Waals surface area contributed by atoms with Crippen LogP contribution < -0.4 is 10.2 Å². The van der Waals surface area contributed by atoms with Crippen molar-refractivity contribution in [2.45, 2.75) is 26.7 Å². The van der Waals surface area contributed by atoms with Gasteiger partial charge in [0.25, 0.3) is 0 Å². The average molecular weight is 291 g/mol. The van der Waals surface area contributed by atoms with Crippen molar-refractivity contribution in [3.05, 3.63) is 18.3 Å². The smallest absolute Gasteiger partial charge is 0.307 e. The van der Waals surface area contributed by atoms with Crippen LogP contribution in [0.5, 0.6) is 0 Å². The predicted molar refractivity (Wildman–Crippen MR) is 80.3 cm³/mol. The molecule has 1 aliphatic heterocycles. The summed E-state index contributed by atoms with van der Waals surface area (Å²) in [6.45, 7) is 5.18. The van der Waals surface area contributed by atoms with Gasteiger partial charge in [0.15, 0.2) is 0 Å². The van der Waals surface area contributed by atoms with Crippen molar-refractivity contribution in [1.82, 2.24) is 4.98 Å². The van der Waals surface area contributed by atoms with Crippen LogP contribution in [0.25, 0.3) is 0 Å². The van der Waals surface area contributed by atoms with E-state index in [0.717, 1.165) is 18.9 Å². The molecule has 0 saturated carbocycles. The Kier molecular flexibility index (Phi) is 4.77. The van der Waals surface area contributed by atoms with E-state index in [1.165, 1.54) is 19.8 Å². The molecule has 21 heavy (non-hydrogen) atoms. The number of aliphatic carboxylic acids is 1. The largest absolute Gasteiger partial charge is 0.481 e. The minimum absolute atomic E-state index is 0.305. The lowest BCUT2D eigenvalue weighted by Crippen LogP contribution is -2.30. The SMILES string of the molecule is CC(C(=O)O)C(C)C(=O)Nc1ccc(N2CCCC2)nc1. The summed E-state index contributed by atoms with van der Waals surface area (Å²) >= 11 is 0. The summed E-state index contributed by atoms with van der Waals surface area (Å²) in [5.41, 5.74) is 0.590. The van der Waals surface area contributed by atoms with Gasteiger partial charge in [-0.25, -0.2) is 4.98 Å². The number of amides is 1. The molecule has 2 unspecified atom stereocenters. The molecule has 1 saturated heterocycles. The van der Waals surface area contributed by atoms with Gasteiger partial charge in [-0.2, -0.15) is 0 Å². The molecule has 0 aromatic carbocycles. The first kappa shape index (κ1) is 15.3. The molecule has 1 aliphatic rings. The van der Waals surface area contributed by atoms with Gasteiger partial charge >= 0.3 is 5.97 Å².